The minimum atomic E-state index is -0.153. The summed E-state index contributed by atoms with van der Waals surface area (Å²) in [5.74, 6) is 2.43. The Morgan fingerprint density at radius 1 is 0.938 bits per heavy atom. The van der Waals surface area contributed by atoms with Crippen molar-refractivity contribution >= 4 is 0 Å². The van der Waals surface area contributed by atoms with Crippen molar-refractivity contribution in [3.63, 3.8) is 0 Å². The molecule has 0 amide bonds. The van der Waals surface area contributed by atoms with Crippen LogP contribution in [0.1, 0.15) is 87.7 Å². The second-order valence-corrected chi connectivity index (χ2v) is 9.90. The number of halogens is 1. The van der Waals surface area contributed by atoms with Crippen molar-refractivity contribution in [2.75, 3.05) is 26.2 Å². The van der Waals surface area contributed by atoms with Gasteiger partial charge in [0.1, 0.15) is 11.6 Å². The van der Waals surface area contributed by atoms with Gasteiger partial charge in [-0.05, 0) is 79.9 Å². The van der Waals surface area contributed by atoms with Gasteiger partial charge in [-0.15, -0.1) is 0 Å². The van der Waals surface area contributed by atoms with Crippen LogP contribution in [0.2, 0.25) is 0 Å². The highest BCUT2D eigenvalue weighted by molar-refractivity contribution is 5.36. The van der Waals surface area contributed by atoms with Crippen LogP contribution in [-0.2, 0) is 0 Å². The molecule has 2 aliphatic rings. The molecule has 1 saturated heterocycles. The molecule has 2 aromatic rings. The Labute approximate surface area is 194 Å². The number of rotatable bonds is 9. The summed E-state index contributed by atoms with van der Waals surface area (Å²) in [6.45, 7) is 6.37. The van der Waals surface area contributed by atoms with E-state index in [4.69, 9.17) is 4.74 Å². The van der Waals surface area contributed by atoms with Gasteiger partial charge >= 0.3 is 0 Å². The van der Waals surface area contributed by atoms with Gasteiger partial charge in [-0.2, -0.15) is 0 Å². The summed E-state index contributed by atoms with van der Waals surface area (Å²) in [6.07, 6.45) is 11.6. The average molecular weight is 438 g/mol. The summed E-state index contributed by atoms with van der Waals surface area (Å²) in [7, 11) is 0. The third-order valence-corrected chi connectivity index (χ3v) is 7.61. The SMILES string of the molecule is CCCCCN1CC[C@@H](c2ccc(F)cc2)[C@H](COc2ccccc2C2CCCCC2)C1. The summed E-state index contributed by atoms with van der Waals surface area (Å²) in [5, 5.41) is 0. The van der Waals surface area contributed by atoms with E-state index >= 15 is 0 Å². The Kier molecular flexibility index (Phi) is 8.62. The fourth-order valence-electron chi connectivity index (χ4n) is 5.77. The number of hydrogen-bond donors (Lipinski definition) is 0. The molecule has 1 aliphatic carbocycles. The zero-order valence-electron chi connectivity index (χ0n) is 19.8. The van der Waals surface area contributed by atoms with Crippen LogP contribution in [0.5, 0.6) is 5.75 Å². The van der Waals surface area contributed by atoms with Crippen LogP contribution in [0, 0.1) is 11.7 Å². The van der Waals surface area contributed by atoms with Crippen LogP contribution in [0.25, 0.3) is 0 Å². The van der Waals surface area contributed by atoms with Crippen LogP contribution in [0.15, 0.2) is 48.5 Å². The highest BCUT2D eigenvalue weighted by Crippen LogP contribution is 2.39. The van der Waals surface area contributed by atoms with E-state index in [0.29, 0.717) is 17.8 Å². The standard InChI is InChI=1S/C29H40FNO/c1-2-3-9-19-31-20-18-27(24-14-16-26(30)17-15-24)25(21-31)22-32-29-13-8-7-12-28(29)23-10-5-4-6-11-23/h7-8,12-17,23,25,27H,2-6,9-11,18-22H2,1H3/t25-,27-/m0/s1. The van der Waals surface area contributed by atoms with Gasteiger partial charge in [0.25, 0.3) is 0 Å². The van der Waals surface area contributed by atoms with Crippen molar-refractivity contribution in [1.82, 2.24) is 4.90 Å². The molecule has 32 heavy (non-hydrogen) atoms. The third kappa shape index (κ3) is 6.13. The van der Waals surface area contributed by atoms with Gasteiger partial charge < -0.3 is 9.64 Å². The van der Waals surface area contributed by atoms with E-state index < -0.39 is 0 Å². The summed E-state index contributed by atoms with van der Waals surface area (Å²) in [5.41, 5.74) is 2.66. The molecule has 1 saturated carbocycles. The van der Waals surface area contributed by atoms with Gasteiger partial charge in [-0.1, -0.05) is 69.4 Å². The summed E-state index contributed by atoms with van der Waals surface area (Å²) in [4.78, 5) is 2.62. The van der Waals surface area contributed by atoms with E-state index in [1.54, 1.807) is 12.1 Å². The lowest BCUT2D eigenvalue weighted by Crippen LogP contribution is -2.42. The number of benzene rings is 2. The molecule has 0 aromatic heterocycles. The summed E-state index contributed by atoms with van der Waals surface area (Å²) < 4.78 is 20.1. The summed E-state index contributed by atoms with van der Waals surface area (Å²) in [6, 6.07) is 15.9. The zero-order valence-corrected chi connectivity index (χ0v) is 19.8. The van der Waals surface area contributed by atoms with E-state index in [-0.39, 0.29) is 5.82 Å². The molecule has 0 spiro atoms. The van der Waals surface area contributed by atoms with Crippen LogP contribution < -0.4 is 4.74 Å². The van der Waals surface area contributed by atoms with E-state index in [2.05, 4.69) is 36.1 Å². The van der Waals surface area contributed by atoms with Crippen molar-refractivity contribution in [3.8, 4) is 5.75 Å². The lowest BCUT2D eigenvalue weighted by atomic mass is 9.80. The predicted molar refractivity (Wildman–Crippen MR) is 131 cm³/mol. The van der Waals surface area contributed by atoms with Crippen molar-refractivity contribution in [2.45, 2.75) is 76.5 Å². The highest BCUT2D eigenvalue weighted by atomic mass is 19.1. The number of para-hydroxylation sites is 1. The molecule has 4 rings (SSSR count). The van der Waals surface area contributed by atoms with Gasteiger partial charge in [0, 0.05) is 12.5 Å². The van der Waals surface area contributed by atoms with Crippen molar-refractivity contribution in [3.05, 3.63) is 65.5 Å². The molecule has 3 heteroatoms. The van der Waals surface area contributed by atoms with Gasteiger partial charge in [-0.25, -0.2) is 4.39 Å². The molecule has 1 heterocycles. The molecule has 2 fully saturated rings. The number of ether oxygens (including phenoxy) is 1. The Hall–Kier alpha value is -1.87. The lowest BCUT2D eigenvalue weighted by molar-refractivity contribution is 0.109. The second-order valence-electron chi connectivity index (χ2n) is 9.90. The quantitative estimate of drug-likeness (QED) is 0.376. The number of likely N-dealkylation sites (tertiary alicyclic amines) is 1. The Bertz CT molecular complexity index is 814. The van der Waals surface area contributed by atoms with E-state index in [1.807, 2.05) is 12.1 Å². The summed E-state index contributed by atoms with van der Waals surface area (Å²) >= 11 is 0. The van der Waals surface area contributed by atoms with E-state index in [9.17, 15) is 4.39 Å². The fourth-order valence-corrected chi connectivity index (χ4v) is 5.77. The zero-order chi connectivity index (χ0) is 22.2. The number of piperidine rings is 1. The maximum absolute atomic E-state index is 13.5. The average Bonchev–Trinajstić information content (AvgIpc) is 2.84. The maximum atomic E-state index is 13.5. The molecule has 2 nitrogen and oxygen atoms in total. The number of hydrogen-bond acceptors (Lipinski definition) is 2. The first kappa shape index (κ1) is 23.3. The van der Waals surface area contributed by atoms with Crippen molar-refractivity contribution in [1.29, 1.82) is 0 Å². The molecule has 2 atom stereocenters. The largest absolute Gasteiger partial charge is 0.493 e. The molecular formula is C29H40FNO. The predicted octanol–water partition coefficient (Wildman–Crippen LogP) is 7.55. The minimum Gasteiger partial charge on any atom is -0.493 e. The maximum Gasteiger partial charge on any atom is 0.123 e. The van der Waals surface area contributed by atoms with Gasteiger partial charge in [0.2, 0.25) is 0 Å². The second kappa shape index (κ2) is 11.8. The molecule has 174 valence electrons. The minimum absolute atomic E-state index is 0.153. The van der Waals surface area contributed by atoms with Crippen LogP contribution in [0.3, 0.4) is 0 Å². The fraction of sp³-hybridized carbons (Fsp3) is 0.586. The Morgan fingerprint density at radius 2 is 1.72 bits per heavy atom. The monoisotopic (exact) mass is 437 g/mol. The van der Waals surface area contributed by atoms with Crippen molar-refractivity contribution in [2.24, 2.45) is 5.92 Å². The Balaban J connectivity index is 1.46. The van der Waals surface area contributed by atoms with Crippen LogP contribution >= 0.6 is 0 Å². The number of unbranched alkanes of at least 4 members (excludes halogenated alkanes) is 2. The first-order valence-corrected chi connectivity index (χ1v) is 12.9. The molecule has 1 aliphatic heterocycles. The first-order chi connectivity index (χ1) is 15.7. The molecule has 0 N–H and O–H groups in total. The lowest BCUT2D eigenvalue weighted by Gasteiger charge is -2.39. The van der Waals surface area contributed by atoms with Gasteiger partial charge in [0.05, 0.1) is 6.61 Å². The third-order valence-electron chi connectivity index (χ3n) is 7.61. The normalized spacial score (nSPS) is 22.7. The smallest absolute Gasteiger partial charge is 0.123 e. The Morgan fingerprint density at radius 3 is 2.50 bits per heavy atom. The van der Waals surface area contributed by atoms with Crippen molar-refractivity contribution < 1.29 is 9.13 Å². The number of nitrogens with zero attached hydrogens (tertiary/aromatic N) is 1. The van der Waals surface area contributed by atoms with Crippen LogP contribution in [0.4, 0.5) is 4.39 Å². The van der Waals surface area contributed by atoms with Crippen LogP contribution in [-0.4, -0.2) is 31.1 Å². The molecule has 0 radical (unpaired) electrons. The topological polar surface area (TPSA) is 12.5 Å². The van der Waals surface area contributed by atoms with E-state index in [0.717, 1.165) is 31.9 Å². The van der Waals surface area contributed by atoms with Gasteiger partial charge in [0.15, 0.2) is 0 Å². The molecule has 2 aromatic carbocycles. The highest BCUT2D eigenvalue weighted by Gasteiger charge is 2.31. The molecular weight excluding hydrogens is 397 g/mol. The first-order valence-electron chi connectivity index (χ1n) is 12.9. The molecule has 0 unspecified atom stereocenters. The molecule has 0 bridgehead atoms. The van der Waals surface area contributed by atoms with Gasteiger partial charge in [-0.3, -0.25) is 0 Å². The van der Waals surface area contributed by atoms with E-state index in [1.165, 1.54) is 69.0 Å².